The van der Waals surface area contributed by atoms with E-state index >= 15 is 0 Å². The van der Waals surface area contributed by atoms with E-state index in [1.165, 1.54) is 68.9 Å². The number of aryl methyl sites for hydroxylation is 2. The van der Waals surface area contributed by atoms with Crippen LogP contribution in [0.25, 0.3) is 0 Å². The van der Waals surface area contributed by atoms with Crippen LogP contribution in [0.3, 0.4) is 0 Å². The Morgan fingerprint density at radius 1 is 1.06 bits per heavy atom. The molecule has 0 heterocycles. The summed E-state index contributed by atoms with van der Waals surface area (Å²) in [6.07, 6.45) is 12.5. The molecule has 0 N–H and O–H groups in total. The Bertz CT molecular complexity index is 356. The van der Waals surface area contributed by atoms with Crippen LogP contribution in [-0.4, -0.2) is 0 Å². The maximum absolute atomic E-state index is 2.41. The van der Waals surface area contributed by atoms with E-state index in [1.54, 1.807) is 5.56 Å². The van der Waals surface area contributed by atoms with Gasteiger partial charge < -0.3 is 0 Å². The first-order valence-corrected chi connectivity index (χ1v) is 7.88. The zero-order valence-corrected chi connectivity index (χ0v) is 12.2. The van der Waals surface area contributed by atoms with Gasteiger partial charge in [0.05, 0.1) is 0 Å². The summed E-state index contributed by atoms with van der Waals surface area (Å²) in [5.74, 6) is 0.947. The molecule has 1 saturated carbocycles. The van der Waals surface area contributed by atoms with Gasteiger partial charge in [-0.05, 0) is 42.4 Å². The highest BCUT2D eigenvalue weighted by Gasteiger charge is 2.13. The van der Waals surface area contributed by atoms with Crippen molar-refractivity contribution >= 4 is 0 Å². The summed E-state index contributed by atoms with van der Waals surface area (Å²) in [6, 6.07) is 7.16. The molecule has 100 valence electrons. The van der Waals surface area contributed by atoms with Crippen LogP contribution in [0.15, 0.2) is 18.2 Å². The van der Waals surface area contributed by atoms with Gasteiger partial charge in [-0.25, -0.2) is 0 Å². The molecular formula is C18H28. The second-order valence-electron chi connectivity index (χ2n) is 6.07. The van der Waals surface area contributed by atoms with Crippen LogP contribution in [0, 0.1) is 12.8 Å². The van der Waals surface area contributed by atoms with Crippen molar-refractivity contribution in [3.8, 4) is 0 Å². The fourth-order valence-electron chi connectivity index (χ4n) is 3.31. The minimum atomic E-state index is 0.947. The summed E-state index contributed by atoms with van der Waals surface area (Å²) < 4.78 is 0. The van der Waals surface area contributed by atoms with Crippen molar-refractivity contribution in [3.63, 3.8) is 0 Å². The third-order valence-electron chi connectivity index (χ3n) is 4.43. The van der Waals surface area contributed by atoms with Crippen LogP contribution in [0.1, 0.15) is 68.6 Å². The minimum Gasteiger partial charge on any atom is -0.0651 e. The molecule has 2 rings (SSSR count). The SMILES string of the molecule is CCCc1ccc(CC2CCCCCC2)c(C)c1. The Kier molecular flexibility index (Phi) is 5.28. The monoisotopic (exact) mass is 244 g/mol. The van der Waals surface area contributed by atoms with Gasteiger partial charge in [0.25, 0.3) is 0 Å². The second-order valence-corrected chi connectivity index (χ2v) is 6.07. The summed E-state index contributed by atoms with van der Waals surface area (Å²) in [5, 5.41) is 0. The molecule has 0 radical (unpaired) electrons. The molecule has 0 saturated heterocycles. The number of hydrogen-bond acceptors (Lipinski definition) is 0. The topological polar surface area (TPSA) is 0 Å². The van der Waals surface area contributed by atoms with E-state index in [4.69, 9.17) is 0 Å². The molecular weight excluding hydrogens is 216 g/mol. The smallest absolute Gasteiger partial charge is 0.0248 e. The van der Waals surface area contributed by atoms with E-state index in [2.05, 4.69) is 32.0 Å². The van der Waals surface area contributed by atoms with E-state index in [0.29, 0.717) is 0 Å². The Morgan fingerprint density at radius 3 is 2.39 bits per heavy atom. The molecule has 1 aromatic rings. The molecule has 1 fully saturated rings. The molecule has 0 aliphatic heterocycles. The largest absolute Gasteiger partial charge is 0.0651 e. The highest BCUT2D eigenvalue weighted by atomic mass is 14.2. The first-order valence-electron chi connectivity index (χ1n) is 7.88. The normalized spacial score (nSPS) is 17.7. The molecule has 1 aliphatic rings. The van der Waals surface area contributed by atoms with Gasteiger partial charge in [0.1, 0.15) is 0 Å². The van der Waals surface area contributed by atoms with Crippen LogP contribution in [0.4, 0.5) is 0 Å². The van der Waals surface area contributed by atoms with Crippen molar-refractivity contribution in [1.29, 1.82) is 0 Å². The standard InChI is InChI=1S/C18H28/c1-3-8-16-11-12-18(15(2)13-16)14-17-9-6-4-5-7-10-17/h11-13,17H,3-10,14H2,1-2H3. The van der Waals surface area contributed by atoms with Crippen LogP contribution in [0.2, 0.25) is 0 Å². The van der Waals surface area contributed by atoms with Crippen molar-refractivity contribution in [2.75, 3.05) is 0 Å². The quantitative estimate of drug-likeness (QED) is 0.617. The predicted molar refractivity (Wildman–Crippen MR) is 80.1 cm³/mol. The molecule has 18 heavy (non-hydrogen) atoms. The zero-order chi connectivity index (χ0) is 12.8. The average molecular weight is 244 g/mol. The Hall–Kier alpha value is -0.780. The van der Waals surface area contributed by atoms with Gasteiger partial charge in [-0.1, -0.05) is 70.1 Å². The summed E-state index contributed by atoms with van der Waals surface area (Å²) >= 11 is 0. The van der Waals surface area contributed by atoms with Gasteiger partial charge in [-0.2, -0.15) is 0 Å². The maximum atomic E-state index is 2.41. The fourth-order valence-corrected chi connectivity index (χ4v) is 3.31. The Labute approximate surface area is 113 Å². The lowest BCUT2D eigenvalue weighted by Gasteiger charge is -2.16. The van der Waals surface area contributed by atoms with Gasteiger partial charge in [0, 0.05) is 0 Å². The third kappa shape index (κ3) is 3.86. The fraction of sp³-hybridized carbons (Fsp3) is 0.667. The minimum absolute atomic E-state index is 0.947. The number of rotatable bonds is 4. The Balaban J connectivity index is 1.99. The summed E-state index contributed by atoms with van der Waals surface area (Å²) in [6.45, 7) is 4.56. The van der Waals surface area contributed by atoms with E-state index in [1.807, 2.05) is 0 Å². The molecule has 1 aliphatic carbocycles. The third-order valence-corrected chi connectivity index (χ3v) is 4.43. The first kappa shape index (κ1) is 13.6. The summed E-state index contributed by atoms with van der Waals surface area (Å²) in [5.41, 5.74) is 4.63. The number of benzene rings is 1. The van der Waals surface area contributed by atoms with Crippen molar-refractivity contribution in [2.24, 2.45) is 5.92 Å². The Morgan fingerprint density at radius 2 is 1.78 bits per heavy atom. The summed E-state index contributed by atoms with van der Waals surface area (Å²) in [4.78, 5) is 0. The van der Waals surface area contributed by atoms with Crippen LogP contribution in [0.5, 0.6) is 0 Å². The lowest BCUT2D eigenvalue weighted by atomic mass is 9.89. The molecule has 0 aromatic heterocycles. The van der Waals surface area contributed by atoms with Crippen LogP contribution < -0.4 is 0 Å². The van der Waals surface area contributed by atoms with Gasteiger partial charge in [-0.3, -0.25) is 0 Å². The van der Waals surface area contributed by atoms with Crippen molar-refractivity contribution < 1.29 is 0 Å². The molecule has 0 spiro atoms. The zero-order valence-electron chi connectivity index (χ0n) is 12.2. The second kappa shape index (κ2) is 6.97. The van der Waals surface area contributed by atoms with Gasteiger partial charge in [0.2, 0.25) is 0 Å². The highest BCUT2D eigenvalue weighted by molar-refractivity contribution is 5.31. The lowest BCUT2D eigenvalue weighted by Crippen LogP contribution is -2.05. The molecule has 0 atom stereocenters. The lowest BCUT2D eigenvalue weighted by molar-refractivity contribution is 0.457. The molecule has 0 amide bonds. The van der Waals surface area contributed by atoms with E-state index in [0.717, 1.165) is 5.92 Å². The van der Waals surface area contributed by atoms with Gasteiger partial charge in [0.15, 0.2) is 0 Å². The van der Waals surface area contributed by atoms with E-state index in [9.17, 15) is 0 Å². The van der Waals surface area contributed by atoms with E-state index < -0.39 is 0 Å². The van der Waals surface area contributed by atoms with E-state index in [-0.39, 0.29) is 0 Å². The molecule has 0 heteroatoms. The molecule has 0 nitrogen and oxygen atoms in total. The number of hydrogen-bond donors (Lipinski definition) is 0. The van der Waals surface area contributed by atoms with Crippen LogP contribution in [-0.2, 0) is 12.8 Å². The van der Waals surface area contributed by atoms with Crippen molar-refractivity contribution in [2.45, 2.75) is 71.6 Å². The molecule has 1 aromatic carbocycles. The van der Waals surface area contributed by atoms with Gasteiger partial charge in [-0.15, -0.1) is 0 Å². The van der Waals surface area contributed by atoms with Crippen molar-refractivity contribution in [3.05, 3.63) is 34.9 Å². The maximum Gasteiger partial charge on any atom is -0.0248 e. The predicted octanol–water partition coefficient (Wildman–Crippen LogP) is 5.46. The molecule has 0 unspecified atom stereocenters. The van der Waals surface area contributed by atoms with Crippen LogP contribution >= 0.6 is 0 Å². The van der Waals surface area contributed by atoms with Gasteiger partial charge >= 0.3 is 0 Å². The highest BCUT2D eigenvalue weighted by Crippen LogP contribution is 2.27. The first-order chi connectivity index (χ1) is 8.79. The summed E-state index contributed by atoms with van der Waals surface area (Å²) in [7, 11) is 0. The van der Waals surface area contributed by atoms with Crippen molar-refractivity contribution in [1.82, 2.24) is 0 Å². The molecule has 0 bridgehead atoms. The average Bonchev–Trinajstić information content (AvgIpc) is 2.62.